The lowest BCUT2D eigenvalue weighted by Gasteiger charge is -2.09. The van der Waals surface area contributed by atoms with Crippen molar-refractivity contribution in [1.82, 2.24) is 4.98 Å². The monoisotopic (exact) mass is 287 g/mol. The maximum Gasteiger partial charge on any atom is 0.311 e. The second-order valence-electron chi connectivity index (χ2n) is 3.75. The fraction of sp³-hybridized carbons (Fsp3) is 0.400. The second-order valence-corrected chi connectivity index (χ2v) is 5.45. The Kier molecular flexibility index (Phi) is 4.03. The second kappa shape index (κ2) is 5.53. The van der Waals surface area contributed by atoms with Crippen LogP contribution in [0.2, 0.25) is 5.15 Å². The number of aromatic nitrogens is 1. The van der Waals surface area contributed by atoms with Crippen molar-refractivity contribution in [2.75, 3.05) is 11.1 Å². The number of halogens is 1. The quantitative estimate of drug-likeness (QED) is 0.524. The number of anilines is 1. The van der Waals surface area contributed by atoms with E-state index >= 15 is 0 Å². The molecule has 1 aromatic heterocycles. The van der Waals surface area contributed by atoms with Crippen LogP contribution in [0.1, 0.15) is 12.8 Å². The van der Waals surface area contributed by atoms with Crippen molar-refractivity contribution in [2.24, 2.45) is 0 Å². The Labute approximate surface area is 112 Å². The van der Waals surface area contributed by atoms with Gasteiger partial charge in [-0.25, -0.2) is 4.98 Å². The van der Waals surface area contributed by atoms with Crippen LogP contribution in [0.25, 0.3) is 0 Å². The minimum absolute atomic E-state index is 0.0926. The van der Waals surface area contributed by atoms with Crippen LogP contribution in [-0.4, -0.2) is 26.8 Å². The van der Waals surface area contributed by atoms with Crippen LogP contribution in [0.5, 0.6) is 0 Å². The van der Waals surface area contributed by atoms with Gasteiger partial charge in [-0.1, -0.05) is 11.6 Å². The average Bonchev–Trinajstić information content (AvgIpc) is 2.81. The Hall–Kier alpha value is -1.34. The van der Waals surface area contributed by atoms with Gasteiger partial charge in [0.05, 0.1) is 10.2 Å². The maximum absolute atomic E-state index is 11.9. The van der Waals surface area contributed by atoms with Gasteiger partial charge in [0.2, 0.25) is 11.7 Å². The first-order valence-electron chi connectivity index (χ1n) is 5.31. The molecule has 1 atom stereocenters. The van der Waals surface area contributed by atoms with Crippen molar-refractivity contribution in [3.8, 4) is 0 Å². The van der Waals surface area contributed by atoms with Crippen LogP contribution in [0.15, 0.2) is 12.1 Å². The van der Waals surface area contributed by atoms with Gasteiger partial charge in [0.25, 0.3) is 0 Å². The van der Waals surface area contributed by atoms with E-state index in [0.29, 0.717) is 0 Å². The van der Waals surface area contributed by atoms with E-state index in [1.165, 1.54) is 12.1 Å². The van der Waals surface area contributed by atoms with E-state index in [4.69, 9.17) is 11.6 Å². The summed E-state index contributed by atoms with van der Waals surface area (Å²) in [7, 11) is 0. The number of thioether (sulfide) groups is 1. The minimum Gasteiger partial charge on any atom is -0.304 e. The topological polar surface area (TPSA) is 85.1 Å². The zero-order chi connectivity index (χ0) is 13.1. The Balaban J connectivity index is 2.19. The van der Waals surface area contributed by atoms with Crippen LogP contribution in [-0.2, 0) is 4.79 Å². The third-order valence-electron chi connectivity index (χ3n) is 2.50. The third kappa shape index (κ3) is 2.91. The summed E-state index contributed by atoms with van der Waals surface area (Å²) in [6, 6.07) is 2.55. The maximum atomic E-state index is 11.9. The SMILES string of the molecule is O=C(Nc1nc(Cl)ccc1[N+](=O)[O-])C1CCCS1. The van der Waals surface area contributed by atoms with Gasteiger partial charge < -0.3 is 5.32 Å². The molecule has 1 amide bonds. The van der Waals surface area contributed by atoms with Crippen molar-refractivity contribution in [3.63, 3.8) is 0 Å². The van der Waals surface area contributed by atoms with E-state index < -0.39 is 4.92 Å². The molecule has 1 unspecified atom stereocenters. The molecule has 96 valence electrons. The number of nitrogens with one attached hydrogen (secondary N) is 1. The molecule has 0 saturated carbocycles. The van der Waals surface area contributed by atoms with E-state index in [1.807, 2.05) is 0 Å². The number of amides is 1. The molecule has 18 heavy (non-hydrogen) atoms. The van der Waals surface area contributed by atoms with Gasteiger partial charge in [-0.05, 0) is 24.7 Å². The number of hydrogen-bond donors (Lipinski definition) is 1. The van der Waals surface area contributed by atoms with Crippen molar-refractivity contribution in [1.29, 1.82) is 0 Å². The van der Waals surface area contributed by atoms with Crippen LogP contribution < -0.4 is 5.32 Å². The lowest BCUT2D eigenvalue weighted by Crippen LogP contribution is -2.24. The van der Waals surface area contributed by atoms with E-state index in [0.717, 1.165) is 18.6 Å². The number of carbonyl (C=O) groups excluding carboxylic acids is 1. The molecule has 0 radical (unpaired) electrons. The number of hydrogen-bond acceptors (Lipinski definition) is 5. The van der Waals surface area contributed by atoms with Gasteiger partial charge in [-0.3, -0.25) is 14.9 Å². The number of carbonyl (C=O) groups is 1. The fourth-order valence-corrected chi connectivity index (χ4v) is 2.96. The van der Waals surface area contributed by atoms with Gasteiger partial charge in [0.15, 0.2) is 0 Å². The number of nitro groups is 1. The van der Waals surface area contributed by atoms with Gasteiger partial charge in [-0.2, -0.15) is 0 Å². The van der Waals surface area contributed by atoms with Crippen molar-refractivity contribution in [3.05, 3.63) is 27.4 Å². The predicted molar refractivity (Wildman–Crippen MR) is 70.0 cm³/mol. The van der Waals surface area contributed by atoms with E-state index in [1.54, 1.807) is 11.8 Å². The van der Waals surface area contributed by atoms with Crippen LogP contribution >= 0.6 is 23.4 Å². The summed E-state index contributed by atoms with van der Waals surface area (Å²) in [5.74, 6) is 0.587. The summed E-state index contributed by atoms with van der Waals surface area (Å²) in [5.41, 5.74) is -0.254. The minimum atomic E-state index is -0.596. The normalized spacial score (nSPS) is 18.6. The molecule has 1 aliphatic rings. The Morgan fingerprint density at radius 1 is 1.61 bits per heavy atom. The standard InChI is InChI=1S/C10H10ClN3O3S/c11-8-4-3-6(14(16)17)9(12-8)13-10(15)7-2-1-5-18-7/h3-4,7H,1-2,5H2,(H,12,13,15). The molecule has 2 rings (SSSR count). The lowest BCUT2D eigenvalue weighted by atomic mass is 10.2. The summed E-state index contributed by atoms with van der Waals surface area (Å²) in [6.07, 6.45) is 1.76. The number of pyridine rings is 1. The molecule has 6 nitrogen and oxygen atoms in total. The highest BCUT2D eigenvalue weighted by Gasteiger charge is 2.26. The highest BCUT2D eigenvalue weighted by atomic mass is 35.5. The molecule has 8 heteroatoms. The Morgan fingerprint density at radius 2 is 2.39 bits per heavy atom. The molecular weight excluding hydrogens is 278 g/mol. The first kappa shape index (κ1) is 13.1. The molecule has 1 aromatic rings. The van der Waals surface area contributed by atoms with E-state index in [2.05, 4.69) is 10.3 Å². The number of nitrogens with zero attached hydrogens (tertiary/aromatic N) is 2. The summed E-state index contributed by atoms with van der Waals surface area (Å²) >= 11 is 7.22. The van der Waals surface area contributed by atoms with Crippen molar-refractivity contribution >= 4 is 40.8 Å². The first-order chi connectivity index (χ1) is 8.58. The van der Waals surface area contributed by atoms with E-state index in [-0.39, 0.29) is 27.8 Å². The lowest BCUT2D eigenvalue weighted by molar-refractivity contribution is -0.384. The molecule has 0 aromatic carbocycles. The molecule has 1 saturated heterocycles. The van der Waals surface area contributed by atoms with Crippen LogP contribution in [0.4, 0.5) is 11.5 Å². The summed E-state index contributed by atoms with van der Waals surface area (Å²) < 4.78 is 0. The van der Waals surface area contributed by atoms with Gasteiger partial charge >= 0.3 is 5.69 Å². The highest BCUT2D eigenvalue weighted by Crippen LogP contribution is 2.29. The molecule has 1 fully saturated rings. The van der Waals surface area contributed by atoms with Gasteiger partial charge in [0, 0.05) is 6.07 Å². The highest BCUT2D eigenvalue weighted by molar-refractivity contribution is 8.00. The van der Waals surface area contributed by atoms with Crippen molar-refractivity contribution in [2.45, 2.75) is 18.1 Å². The zero-order valence-electron chi connectivity index (χ0n) is 9.26. The zero-order valence-corrected chi connectivity index (χ0v) is 10.8. The Morgan fingerprint density at radius 3 is 3.00 bits per heavy atom. The predicted octanol–water partition coefficient (Wildman–Crippen LogP) is 2.48. The first-order valence-corrected chi connectivity index (χ1v) is 6.74. The Bertz CT molecular complexity index is 491. The number of rotatable bonds is 3. The average molecular weight is 288 g/mol. The third-order valence-corrected chi connectivity index (χ3v) is 4.09. The fourth-order valence-electron chi connectivity index (χ4n) is 1.65. The smallest absolute Gasteiger partial charge is 0.304 e. The molecule has 1 aliphatic heterocycles. The molecular formula is C10H10ClN3O3S. The summed E-state index contributed by atoms with van der Waals surface area (Å²) in [5, 5.41) is 13.2. The summed E-state index contributed by atoms with van der Waals surface area (Å²) in [6.45, 7) is 0. The molecule has 1 N–H and O–H groups in total. The summed E-state index contributed by atoms with van der Waals surface area (Å²) in [4.78, 5) is 25.9. The largest absolute Gasteiger partial charge is 0.311 e. The molecule has 0 aliphatic carbocycles. The molecule has 0 bridgehead atoms. The molecule has 2 heterocycles. The van der Waals surface area contributed by atoms with Crippen LogP contribution in [0.3, 0.4) is 0 Å². The van der Waals surface area contributed by atoms with Crippen LogP contribution in [0, 0.1) is 10.1 Å². The molecule has 0 spiro atoms. The van der Waals surface area contributed by atoms with Gasteiger partial charge in [0.1, 0.15) is 5.15 Å². The van der Waals surface area contributed by atoms with Crippen molar-refractivity contribution < 1.29 is 9.72 Å². The van der Waals surface area contributed by atoms with E-state index in [9.17, 15) is 14.9 Å². The van der Waals surface area contributed by atoms with Gasteiger partial charge in [-0.15, -0.1) is 11.8 Å².